The summed E-state index contributed by atoms with van der Waals surface area (Å²) in [5.41, 5.74) is 0. The van der Waals surface area contributed by atoms with Crippen molar-refractivity contribution in [1.29, 1.82) is 0 Å². The normalized spacial score (nSPS) is 10.8. The van der Waals surface area contributed by atoms with Crippen LogP contribution in [-0.4, -0.2) is 21.7 Å². The second-order valence-electron chi connectivity index (χ2n) is 1.72. The minimum atomic E-state index is -4.22. The molecule has 0 aromatic heterocycles. The number of phosphoric ester groups is 1. The topological polar surface area (TPSA) is 66.8 Å². The number of unbranched alkanes of at least 4 members (excludes halogenated alkanes) is 1. The minimum absolute atomic E-state index is 0. The van der Waals surface area contributed by atoms with Crippen molar-refractivity contribution in [3.05, 3.63) is 0 Å². The summed E-state index contributed by atoms with van der Waals surface area (Å²) in [6.45, 7) is 0.121. The van der Waals surface area contributed by atoms with E-state index >= 15 is 0 Å². The molecule has 7 heteroatoms. The summed E-state index contributed by atoms with van der Waals surface area (Å²) in [5.74, 6) is 0. The molecule has 11 heavy (non-hydrogen) atoms. The van der Waals surface area contributed by atoms with Gasteiger partial charge in [-0.25, -0.2) is 4.57 Å². The molecule has 0 fully saturated rings. The van der Waals surface area contributed by atoms with E-state index in [9.17, 15) is 4.57 Å². The Morgan fingerprint density at radius 1 is 1.45 bits per heavy atom. The molecule has 0 aromatic carbocycles. The molecule has 0 amide bonds. The number of phosphoric acid groups is 1. The zero-order valence-corrected chi connectivity index (χ0v) is 12.0. The van der Waals surface area contributed by atoms with E-state index in [0.717, 1.165) is 11.8 Å². The maximum Gasteiger partial charge on any atom is 1.00 e. The molecule has 0 heterocycles. The Balaban J connectivity index is -0.000000405. The SMILES string of the molecule is O=P(O)(O)OCCCCBr.[H-].[K+]. The maximum atomic E-state index is 10.1. The second kappa shape index (κ2) is 8.81. The fourth-order valence-electron chi connectivity index (χ4n) is 0.380. The summed E-state index contributed by atoms with van der Waals surface area (Å²) in [5, 5.41) is 0.831. The summed E-state index contributed by atoms with van der Waals surface area (Å²) in [6, 6.07) is 0. The monoisotopic (exact) mass is 272 g/mol. The van der Waals surface area contributed by atoms with Gasteiger partial charge in [-0.15, -0.1) is 0 Å². The van der Waals surface area contributed by atoms with Crippen LogP contribution in [0.5, 0.6) is 0 Å². The molecular formula is C4H11BrKO4P. The van der Waals surface area contributed by atoms with Crippen LogP contribution in [0.1, 0.15) is 14.3 Å². The van der Waals surface area contributed by atoms with Crippen molar-refractivity contribution in [2.75, 3.05) is 11.9 Å². The van der Waals surface area contributed by atoms with E-state index in [-0.39, 0.29) is 59.4 Å². The number of hydrogen-bond donors (Lipinski definition) is 2. The van der Waals surface area contributed by atoms with E-state index in [0.29, 0.717) is 6.42 Å². The molecule has 2 N–H and O–H groups in total. The summed E-state index contributed by atoms with van der Waals surface area (Å²) >= 11 is 3.18. The molecule has 0 unspecified atom stereocenters. The van der Waals surface area contributed by atoms with Crippen LogP contribution in [0.3, 0.4) is 0 Å². The fraction of sp³-hybridized carbons (Fsp3) is 1.00. The quantitative estimate of drug-likeness (QED) is 0.274. The Bertz CT molecular complexity index is 132. The molecular weight excluding hydrogens is 262 g/mol. The van der Waals surface area contributed by atoms with Gasteiger partial charge in [0.15, 0.2) is 0 Å². The standard InChI is InChI=1S/C4H10BrO4P.K.H/c5-3-1-2-4-9-10(6,7)8;;/h1-4H2,(H2,6,7,8);;/q;+1;-1. The average Bonchev–Trinajstić information content (AvgIpc) is 1.78. The first-order valence-corrected chi connectivity index (χ1v) is 5.47. The van der Waals surface area contributed by atoms with Crippen molar-refractivity contribution in [2.24, 2.45) is 0 Å². The Hall–Kier alpha value is 2.23. The number of alkyl halides is 1. The molecule has 0 bridgehead atoms. The maximum absolute atomic E-state index is 10.1. The predicted octanol–water partition coefficient (Wildman–Crippen LogP) is -1.61. The van der Waals surface area contributed by atoms with Crippen molar-refractivity contribution in [2.45, 2.75) is 12.8 Å². The molecule has 0 aliphatic rings. The number of hydrogen-bond acceptors (Lipinski definition) is 2. The van der Waals surface area contributed by atoms with Crippen molar-refractivity contribution >= 4 is 23.8 Å². The van der Waals surface area contributed by atoms with Crippen LogP contribution in [0, 0.1) is 0 Å². The van der Waals surface area contributed by atoms with E-state index in [4.69, 9.17) is 9.79 Å². The van der Waals surface area contributed by atoms with Crippen molar-refractivity contribution in [3.8, 4) is 0 Å². The van der Waals surface area contributed by atoms with Crippen LogP contribution in [0.15, 0.2) is 0 Å². The number of rotatable bonds is 5. The van der Waals surface area contributed by atoms with Gasteiger partial charge in [-0.05, 0) is 12.8 Å². The van der Waals surface area contributed by atoms with Gasteiger partial charge in [-0.1, -0.05) is 15.9 Å². The third-order valence-corrected chi connectivity index (χ3v) is 1.87. The van der Waals surface area contributed by atoms with Gasteiger partial charge < -0.3 is 11.2 Å². The van der Waals surface area contributed by atoms with Crippen LogP contribution < -0.4 is 51.4 Å². The molecule has 0 saturated carbocycles. The Morgan fingerprint density at radius 3 is 2.36 bits per heavy atom. The molecule has 0 spiro atoms. The minimum Gasteiger partial charge on any atom is -1.00 e. The molecule has 0 saturated heterocycles. The van der Waals surface area contributed by atoms with Gasteiger partial charge >= 0.3 is 59.2 Å². The first-order valence-electron chi connectivity index (χ1n) is 2.82. The van der Waals surface area contributed by atoms with Crippen molar-refractivity contribution in [3.63, 3.8) is 0 Å². The van der Waals surface area contributed by atoms with Crippen LogP contribution in [0.4, 0.5) is 0 Å². The van der Waals surface area contributed by atoms with Gasteiger partial charge in [-0.3, -0.25) is 4.52 Å². The van der Waals surface area contributed by atoms with E-state index < -0.39 is 7.82 Å². The van der Waals surface area contributed by atoms with Crippen LogP contribution in [-0.2, 0) is 9.09 Å². The smallest absolute Gasteiger partial charge is 1.00 e. The van der Waals surface area contributed by atoms with Crippen LogP contribution >= 0.6 is 23.8 Å². The Morgan fingerprint density at radius 2 is 2.00 bits per heavy atom. The summed E-state index contributed by atoms with van der Waals surface area (Å²) < 4.78 is 14.2. The number of halogens is 1. The fourth-order valence-corrected chi connectivity index (χ4v) is 1.14. The molecule has 0 aliphatic heterocycles. The predicted molar refractivity (Wildman–Crippen MR) is 42.1 cm³/mol. The van der Waals surface area contributed by atoms with Crippen molar-refractivity contribution < 1.29 is 71.7 Å². The van der Waals surface area contributed by atoms with Crippen LogP contribution in [0.25, 0.3) is 0 Å². The first-order chi connectivity index (χ1) is 4.56. The average molecular weight is 273 g/mol. The van der Waals surface area contributed by atoms with E-state index in [1.54, 1.807) is 0 Å². The third kappa shape index (κ3) is 15.0. The van der Waals surface area contributed by atoms with Crippen molar-refractivity contribution in [1.82, 2.24) is 0 Å². The van der Waals surface area contributed by atoms with Gasteiger partial charge in [0.2, 0.25) is 0 Å². The van der Waals surface area contributed by atoms with E-state index in [1.807, 2.05) is 0 Å². The molecule has 64 valence electrons. The molecule has 0 aliphatic carbocycles. The molecule has 0 atom stereocenters. The Labute approximate surface area is 118 Å². The summed E-state index contributed by atoms with van der Waals surface area (Å²) in [6.07, 6.45) is 1.52. The van der Waals surface area contributed by atoms with Gasteiger partial charge in [-0.2, -0.15) is 0 Å². The summed E-state index contributed by atoms with van der Waals surface area (Å²) in [7, 11) is -4.22. The zero-order chi connectivity index (χ0) is 8.04. The van der Waals surface area contributed by atoms with Gasteiger partial charge in [0.05, 0.1) is 6.61 Å². The van der Waals surface area contributed by atoms with Crippen LogP contribution in [0.2, 0.25) is 0 Å². The summed E-state index contributed by atoms with van der Waals surface area (Å²) in [4.78, 5) is 16.4. The molecule has 0 aromatic rings. The van der Waals surface area contributed by atoms with Gasteiger partial charge in [0.25, 0.3) is 0 Å². The zero-order valence-electron chi connectivity index (χ0n) is 7.36. The third-order valence-electron chi connectivity index (χ3n) is 0.787. The Kier molecular flexibility index (Phi) is 12.6. The van der Waals surface area contributed by atoms with Gasteiger partial charge in [0, 0.05) is 5.33 Å². The second-order valence-corrected chi connectivity index (χ2v) is 3.75. The first kappa shape index (κ1) is 15.7. The largest absolute Gasteiger partial charge is 1.00 e. The van der Waals surface area contributed by atoms with Gasteiger partial charge in [0.1, 0.15) is 0 Å². The molecule has 4 nitrogen and oxygen atoms in total. The van der Waals surface area contributed by atoms with E-state index in [1.165, 1.54) is 0 Å². The molecule has 0 radical (unpaired) electrons. The molecule has 0 rings (SSSR count). The van der Waals surface area contributed by atoms with E-state index in [2.05, 4.69) is 20.5 Å².